The van der Waals surface area contributed by atoms with E-state index in [1.807, 2.05) is 11.8 Å². The van der Waals surface area contributed by atoms with Crippen LogP contribution < -0.4 is 5.32 Å². The van der Waals surface area contributed by atoms with Gasteiger partial charge in [0.05, 0.1) is 0 Å². The molecule has 3 nitrogen and oxygen atoms in total. The van der Waals surface area contributed by atoms with Gasteiger partial charge < -0.3 is 4.90 Å². The smallest absolute Gasteiger partial charge is 0.244 e. The molecule has 1 amide bonds. The molecule has 3 aliphatic rings. The van der Waals surface area contributed by atoms with Gasteiger partial charge in [0.15, 0.2) is 0 Å². The third-order valence-corrected chi connectivity index (χ3v) is 7.06. The lowest BCUT2D eigenvalue weighted by Crippen LogP contribution is -2.43. The molecule has 3 atom stereocenters. The number of hydrogen-bond donors (Lipinski definition) is 1. The number of thiophene rings is 1. The Kier molecular flexibility index (Phi) is 3.13. The first-order valence-corrected chi connectivity index (χ1v) is 9.59. The monoisotopic (exact) mass is 308 g/mol. The minimum atomic E-state index is -0.208. The lowest BCUT2D eigenvalue weighted by molar-refractivity contribution is -0.132. The van der Waals surface area contributed by atoms with Crippen LogP contribution in [-0.2, 0) is 4.79 Å². The van der Waals surface area contributed by atoms with Crippen LogP contribution in [0.25, 0.3) is 0 Å². The van der Waals surface area contributed by atoms with Gasteiger partial charge in [0.25, 0.3) is 0 Å². The Morgan fingerprint density at radius 3 is 2.95 bits per heavy atom. The lowest BCUT2D eigenvalue weighted by Gasteiger charge is -2.33. The molecule has 108 valence electrons. The van der Waals surface area contributed by atoms with Gasteiger partial charge >= 0.3 is 0 Å². The zero-order chi connectivity index (χ0) is 13.7. The van der Waals surface area contributed by atoms with E-state index in [-0.39, 0.29) is 11.7 Å². The maximum atomic E-state index is 12.9. The maximum absolute atomic E-state index is 12.9. The topological polar surface area (TPSA) is 32.3 Å². The summed E-state index contributed by atoms with van der Waals surface area (Å²) >= 11 is 3.69. The highest BCUT2D eigenvalue weighted by molar-refractivity contribution is 7.99. The first-order valence-electron chi connectivity index (χ1n) is 7.42. The Morgan fingerprint density at radius 1 is 1.45 bits per heavy atom. The van der Waals surface area contributed by atoms with E-state index in [1.165, 1.54) is 17.7 Å². The first-order chi connectivity index (χ1) is 9.75. The highest BCUT2D eigenvalue weighted by Gasteiger charge is 2.61. The molecule has 2 heterocycles. The van der Waals surface area contributed by atoms with Crippen LogP contribution in [0.15, 0.2) is 17.5 Å². The molecule has 1 aromatic heterocycles. The van der Waals surface area contributed by atoms with E-state index >= 15 is 0 Å². The van der Waals surface area contributed by atoms with Gasteiger partial charge in [0.1, 0.15) is 11.7 Å². The zero-order valence-corrected chi connectivity index (χ0v) is 13.3. The van der Waals surface area contributed by atoms with Crippen LogP contribution in [-0.4, -0.2) is 33.9 Å². The molecule has 0 radical (unpaired) electrons. The second kappa shape index (κ2) is 4.75. The molecular weight excluding hydrogens is 288 g/mol. The van der Waals surface area contributed by atoms with Gasteiger partial charge in [0.2, 0.25) is 5.91 Å². The highest BCUT2D eigenvalue weighted by atomic mass is 32.2. The number of nitrogens with zero attached hydrogens (tertiary/aromatic N) is 1. The molecule has 2 saturated carbocycles. The molecule has 1 spiro atoms. The van der Waals surface area contributed by atoms with E-state index in [0.29, 0.717) is 17.2 Å². The summed E-state index contributed by atoms with van der Waals surface area (Å²) in [6.07, 6.45) is 8.00. The summed E-state index contributed by atoms with van der Waals surface area (Å²) in [4.78, 5) is 16.4. The average Bonchev–Trinajstić information content (AvgIpc) is 2.87. The molecule has 3 fully saturated rings. The molecule has 1 aromatic rings. The summed E-state index contributed by atoms with van der Waals surface area (Å²) in [5.41, 5.74) is -0.208. The summed E-state index contributed by atoms with van der Waals surface area (Å²) < 4.78 is 0. The summed E-state index contributed by atoms with van der Waals surface area (Å²) in [6, 6.07) is 4.66. The Hall–Kier alpha value is -0.520. The number of carbonyl (C=O) groups is 1. The maximum Gasteiger partial charge on any atom is 0.244 e. The summed E-state index contributed by atoms with van der Waals surface area (Å²) in [6.45, 7) is 0. The zero-order valence-electron chi connectivity index (χ0n) is 11.7. The van der Waals surface area contributed by atoms with E-state index < -0.39 is 0 Å². The Bertz CT molecular complexity index is 512. The first kappa shape index (κ1) is 13.2. The predicted octanol–water partition coefficient (Wildman–Crippen LogP) is 3.00. The number of thioether (sulfide) groups is 1. The minimum Gasteiger partial charge on any atom is -0.316 e. The SMILES string of the molecule is CSC1CCCC1N1C(=O)C2(CC2)NC1c1cccs1. The van der Waals surface area contributed by atoms with Gasteiger partial charge in [-0.3, -0.25) is 10.1 Å². The average molecular weight is 308 g/mol. The van der Waals surface area contributed by atoms with Crippen LogP contribution in [0.3, 0.4) is 0 Å². The van der Waals surface area contributed by atoms with Crippen LogP contribution >= 0.6 is 23.1 Å². The molecule has 1 saturated heterocycles. The number of carbonyl (C=O) groups excluding carboxylic acids is 1. The number of hydrogen-bond acceptors (Lipinski definition) is 4. The van der Waals surface area contributed by atoms with Crippen molar-refractivity contribution in [1.82, 2.24) is 10.2 Å². The van der Waals surface area contributed by atoms with Gasteiger partial charge in [-0.2, -0.15) is 11.8 Å². The number of amides is 1. The standard InChI is InChI=1S/C15H20N2OS2/c1-19-11-5-2-4-10(11)17-13(12-6-3-9-20-12)16-15(7-8-15)14(17)18/h3,6,9-11,13,16H,2,4-5,7-8H2,1H3. The van der Waals surface area contributed by atoms with E-state index in [2.05, 4.69) is 34.0 Å². The van der Waals surface area contributed by atoms with E-state index in [4.69, 9.17) is 0 Å². The fourth-order valence-corrected chi connectivity index (χ4v) is 5.49. The summed E-state index contributed by atoms with van der Waals surface area (Å²) in [5, 5.41) is 6.36. The molecule has 2 aliphatic carbocycles. The Balaban J connectivity index is 1.68. The van der Waals surface area contributed by atoms with Crippen LogP contribution in [0.4, 0.5) is 0 Å². The molecule has 3 unspecified atom stereocenters. The van der Waals surface area contributed by atoms with Crippen LogP contribution in [0.2, 0.25) is 0 Å². The van der Waals surface area contributed by atoms with E-state index in [0.717, 1.165) is 19.3 Å². The van der Waals surface area contributed by atoms with Crippen molar-refractivity contribution >= 4 is 29.0 Å². The molecule has 5 heteroatoms. The van der Waals surface area contributed by atoms with Crippen molar-refractivity contribution in [3.8, 4) is 0 Å². The second-order valence-electron chi connectivity index (χ2n) is 6.13. The predicted molar refractivity (Wildman–Crippen MR) is 83.9 cm³/mol. The molecule has 0 aromatic carbocycles. The quantitative estimate of drug-likeness (QED) is 0.931. The number of rotatable bonds is 3. The van der Waals surface area contributed by atoms with Gasteiger partial charge in [-0.05, 0) is 43.4 Å². The third kappa shape index (κ3) is 1.86. The second-order valence-corrected chi connectivity index (χ2v) is 8.19. The fraction of sp³-hybridized carbons (Fsp3) is 0.667. The number of nitrogens with one attached hydrogen (secondary N) is 1. The normalized spacial score (nSPS) is 35.1. The third-order valence-electron chi connectivity index (χ3n) is 4.98. The van der Waals surface area contributed by atoms with E-state index in [1.54, 1.807) is 11.3 Å². The highest BCUT2D eigenvalue weighted by Crippen LogP contribution is 2.49. The van der Waals surface area contributed by atoms with Crippen molar-refractivity contribution in [3.05, 3.63) is 22.4 Å². The van der Waals surface area contributed by atoms with Gasteiger partial charge in [-0.1, -0.05) is 12.5 Å². The molecule has 20 heavy (non-hydrogen) atoms. The lowest BCUT2D eigenvalue weighted by atomic mass is 10.1. The Morgan fingerprint density at radius 2 is 2.30 bits per heavy atom. The molecule has 4 rings (SSSR count). The van der Waals surface area contributed by atoms with Gasteiger partial charge in [-0.25, -0.2) is 0 Å². The van der Waals surface area contributed by atoms with Crippen molar-refractivity contribution in [1.29, 1.82) is 0 Å². The van der Waals surface area contributed by atoms with Crippen LogP contribution in [0.5, 0.6) is 0 Å². The van der Waals surface area contributed by atoms with Crippen molar-refractivity contribution in [2.45, 2.75) is 55.1 Å². The molecule has 0 bridgehead atoms. The van der Waals surface area contributed by atoms with Crippen molar-refractivity contribution < 1.29 is 4.79 Å². The van der Waals surface area contributed by atoms with Crippen molar-refractivity contribution in [2.24, 2.45) is 0 Å². The minimum absolute atomic E-state index is 0.114. The van der Waals surface area contributed by atoms with Gasteiger partial charge in [-0.15, -0.1) is 11.3 Å². The van der Waals surface area contributed by atoms with E-state index in [9.17, 15) is 4.79 Å². The molecular formula is C15H20N2OS2. The summed E-state index contributed by atoms with van der Waals surface area (Å²) in [5.74, 6) is 0.363. The fourth-order valence-electron chi connectivity index (χ4n) is 3.74. The van der Waals surface area contributed by atoms with Crippen molar-refractivity contribution in [2.75, 3.05) is 6.26 Å². The molecule has 1 N–H and O–H groups in total. The Labute approximate surface area is 128 Å². The summed E-state index contributed by atoms with van der Waals surface area (Å²) in [7, 11) is 0. The van der Waals surface area contributed by atoms with Crippen LogP contribution in [0, 0.1) is 0 Å². The van der Waals surface area contributed by atoms with Crippen molar-refractivity contribution in [3.63, 3.8) is 0 Å². The van der Waals surface area contributed by atoms with Gasteiger partial charge in [0, 0.05) is 16.2 Å². The van der Waals surface area contributed by atoms with Crippen LogP contribution in [0.1, 0.15) is 43.1 Å². The molecule has 1 aliphatic heterocycles. The largest absolute Gasteiger partial charge is 0.316 e.